The zero-order valence-electron chi connectivity index (χ0n) is 15.0. The van der Waals surface area contributed by atoms with Gasteiger partial charge >= 0.3 is 0 Å². The van der Waals surface area contributed by atoms with Gasteiger partial charge in [0, 0.05) is 30.9 Å². The van der Waals surface area contributed by atoms with Crippen LogP contribution in [0.25, 0.3) is 10.9 Å². The first-order valence-electron chi connectivity index (χ1n) is 8.78. The molecular formula is C20H21N5O. The number of fused-ring (bicyclic) bond motifs is 1. The number of nitrogens with zero attached hydrogens (tertiary/aromatic N) is 5. The maximum absolute atomic E-state index is 13.1. The molecule has 0 saturated carbocycles. The van der Waals surface area contributed by atoms with Gasteiger partial charge in [-0.25, -0.2) is 0 Å². The van der Waals surface area contributed by atoms with Gasteiger partial charge in [-0.3, -0.25) is 4.79 Å². The number of pyridine rings is 1. The molecule has 0 aliphatic carbocycles. The summed E-state index contributed by atoms with van der Waals surface area (Å²) in [6.45, 7) is 5.86. The fourth-order valence-corrected chi connectivity index (χ4v) is 3.39. The number of hydrogen-bond donors (Lipinski definition) is 0. The maximum Gasteiger partial charge on any atom is 0.275 e. The molecule has 0 bridgehead atoms. The van der Waals surface area contributed by atoms with Crippen LogP contribution in [0.1, 0.15) is 24.1 Å². The Hall–Kier alpha value is -3.15. The lowest BCUT2D eigenvalue weighted by Gasteiger charge is -2.10. The zero-order chi connectivity index (χ0) is 18.1. The predicted molar refractivity (Wildman–Crippen MR) is 101 cm³/mol. The van der Waals surface area contributed by atoms with Gasteiger partial charge in [-0.2, -0.15) is 0 Å². The van der Waals surface area contributed by atoms with Gasteiger partial charge in [-0.05, 0) is 31.5 Å². The topological polar surface area (TPSA) is 57.6 Å². The molecule has 0 N–H and O–H groups in total. The third-order valence-corrected chi connectivity index (χ3v) is 4.73. The Morgan fingerprint density at radius 1 is 0.923 bits per heavy atom. The van der Waals surface area contributed by atoms with Crippen LogP contribution in [0.2, 0.25) is 0 Å². The molecule has 1 aromatic carbocycles. The van der Waals surface area contributed by atoms with E-state index in [1.165, 1.54) is 5.56 Å². The molecule has 0 aliphatic heterocycles. The summed E-state index contributed by atoms with van der Waals surface area (Å²) in [5.74, 6) is 1.66. The monoisotopic (exact) mass is 347 g/mol. The van der Waals surface area contributed by atoms with E-state index < -0.39 is 0 Å². The van der Waals surface area contributed by atoms with Crippen LogP contribution in [-0.4, -0.2) is 23.9 Å². The highest BCUT2D eigenvalue weighted by molar-refractivity contribution is 5.79. The van der Waals surface area contributed by atoms with E-state index in [4.69, 9.17) is 0 Å². The molecule has 0 unspecified atom stereocenters. The number of hydrogen-bond acceptors (Lipinski definition) is 3. The Morgan fingerprint density at radius 2 is 1.65 bits per heavy atom. The van der Waals surface area contributed by atoms with Gasteiger partial charge in [0.05, 0.1) is 6.54 Å². The molecule has 132 valence electrons. The lowest BCUT2D eigenvalue weighted by molar-refractivity contribution is 0.630. The Kier molecular flexibility index (Phi) is 4.16. The van der Waals surface area contributed by atoms with Crippen molar-refractivity contribution in [2.75, 3.05) is 0 Å². The molecule has 0 fully saturated rings. The molecule has 0 spiro atoms. The molecule has 3 heterocycles. The Labute approximate surface area is 151 Å². The Morgan fingerprint density at radius 3 is 2.38 bits per heavy atom. The van der Waals surface area contributed by atoms with Gasteiger partial charge in [-0.15, -0.1) is 10.2 Å². The van der Waals surface area contributed by atoms with Crippen LogP contribution < -0.4 is 5.56 Å². The highest BCUT2D eigenvalue weighted by Crippen LogP contribution is 2.14. The number of benzene rings is 1. The van der Waals surface area contributed by atoms with E-state index in [1.807, 2.05) is 58.8 Å². The summed E-state index contributed by atoms with van der Waals surface area (Å²) in [6.07, 6.45) is 3.81. The highest BCUT2D eigenvalue weighted by atomic mass is 16.1. The van der Waals surface area contributed by atoms with Crippen molar-refractivity contribution in [1.82, 2.24) is 23.9 Å². The Balaban J connectivity index is 1.74. The summed E-state index contributed by atoms with van der Waals surface area (Å²) in [6, 6.07) is 14.1. The third-order valence-electron chi connectivity index (χ3n) is 4.73. The van der Waals surface area contributed by atoms with Crippen molar-refractivity contribution in [3.8, 4) is 0 Å². The second-order valence-corrected chi connectivity index (χ2v) is 6.39. The fraction of sp³-hybridized carbons (Fsp3) is 0.250. The zero-order valence-corrected chi connectivity index (χ0v) is 15.0. The molecule has 0 atom stereocenters. The van der Waals surface area contributed by atoms with Gasteiger partial charge in [0.15, 0.2) is 5.82 Å². The molecule has 6 heteroatoms. The number of aryl methyl sites for hydroxylation is 1. The van der Waals surface area contributed by atoms with Crippen molar-refractivity contribution in [2.45, 2.75) is 33.5 Å². The third kappa shape index (κ3) is 2.83. The summed E-state index contributed by atoms with van der Waals surface area (Å²) in [7, 11) is 0. The first-order valence-corrected chi connectivity index (χ1v) is 8.78. The average molecular weight is 347 g/mol. The molecule has 26 heavy (non-hydrogen) atoms. The first-order chi connectivity index (χ1) is 12.7. The van der Waals surface area contributed by atoms with E-state index in [2.05, 4.69) is 29.3 Å². The van der Waals surface area contributed by atoms with Crippen LogP contribution in [0.5, 0.6) is 0 Å². The van der Waals surface area contributed by atoms with Gasteiger partial charge in [0.1, 0.15) is 11.3 Å². The van der Waals surface area contributed by atoms with E-state index in [0.29, 0.717) is 13.1 Å². The normalized spacial score (nSPS) is 11.3. The van der Waals surface area contributed by atoms with Crippen LogP contribution in [0.4, 0.5) is 0 Å². The van der Waals surface area contributed by atoms with E-state index in [1.54, 1.807) is 4.57 Å². The molecule has 6 nitrogen and oxygen atoms in total. The van der Waals surface area contributed by atoms with Crippen molar-refractivity contribution in [3.63, 3.8) is 0 Å². The van der Waals surface area contributed by atoms with E-state index in [0.717, 1.165) is 29.1 Å². The van der Waals surface area contributed by atoms with Crippen molar-refractivity contribution in [2.24, 2.45) is 0 Å². The van der Waals surface area contributed by atoms with E-state index in [9.17, 15) is 4.79 Å². The van der Waals surface area contributed by atoms with Crippen LogP contribution in [0.15, 0.2) is 59.7 Å². The minimum atomic E-state index is -0.00765. The Bertz CT molecular complexity index is 1100. The van der Waals surface area contributed by atoms with Crippen molar-refractivity contribution in [3.05, 3.63) is 82.4 Å². The quantitative estimate of drug-likeness (QED) is 0.558. The van der Waals surface area contributed by atoms with E-state index in [-0.39, 0.29) is 5.56 Å². The summed E-state index contributed by atoms with van der Waals surface area (Å²) in [4.78, 5) is 13.1. The molecule has 4 rings (SSSR count). The number of aromatic nitrogens is 5. The standard InChI is InChI=1S/C20H21N5O/c1-3-25-15(2)21-22-18(25)14-24-12-10-17-9-11-23(19(17)20(24)26)13-16-7-5-4-6-8-16/h4-12H,3,13-14H2,1-2H3. The summed E-state index contributed by atoms with van der Waals surface area (Å²) in [5.41, 5.74) is 1.88. The molecule has 0 radical (unpaired) electrons. The predicted octanol–water partition coefficient (Wildman–Crippen LogP) is 2.82. The average Bonchev–Trinajstić information content (AvgIpc) is 3.22. The second-order valence-electron chi connectivity index (χ2n) is 6.39. The lowest BCUT2D eigenvalue weighted by atomic mass is 10.2. The van der Waals surface area contributed by atoms with Gasteiger partial charge in [0.25, 0.3) is 5.56 Å². The summed E-state index contributed by atoms with van der Waals surface area (Å²) < 4.78 is 5.75. The van der Waals surface area contributed by atoms with Crippen LogP contribution in [0, 0.1) is 6.92 Å². The fourth-order valence-electron chi connectivity index (χ4n) is 3.39. The molecule has 0 amide bonds. The SMILES string of the molecule is CCn1c(C)nnc1Cn1ccc2ccn(Cc3ccccc3)c2c1=O. The summed E-state index contributed by atoms with van der Waals surface area (Å²) in [5, 5.41) is 9.31. The van der Waals surface area contributed by atoms with Crippen molar-refractivity contribution >= 4 is 10.9 Å². The van der Waals surface area contributed by atoms with Gasteiger partial charge in [0.2, 0.25) is 0 Å². The van der Waals surface area contributed by atoms with Crippen molar-refractivity contribution < 1.29 is 0 Å². The van der Waals surface area contributed by atoms with E-state index >= 15 is 0 Å². The smallest absolute Gasteiger partial charge is 0.275 e. The lowest BCUT2D eigenvalue weighted by Crippen LogP contribution is -2.23. The van der Waals surface area contributed by atoms with Crippen molar-refractivity contribution in [1.29, 1.82) is 0 Å². The molecule has 4 aromatic rings. The molecule has 0 aliphatic rings. The second kappa shape index (κ2) is 6.63. The molecular weight excluding hydrogens is 326 g/mol. The summed E-state index contributed by atoms with van der Waals surface area (Å²) >= 11 is 0. The number of rotatable bonds is 5. The van der Waals surface area contributed by atoms with Crippen LogP contribution in [0.3, 0.4) is 0 Å². The van der Waals surface area contributed by atoms with Crippen LogP contribution in [-0.2, 0) is 19.6 Å². The largest absolute Gasteiger partial charge is 0.339 e. The minimum Gasteiger partial charge on any atom is -0.339 e. The minimum absolute atomic E-state index is 0.00765. The highest BCUT2D eigenvalue weighted by Gasteiger charge is 2.12. The van der Waals surface area contributed by atoms with Gasteiger partial charge < -0.3 is 13.7 Å². The molecule has 0 saturated heterocycles. The first kappa shape index (κ1) is 16.3. The van der Waals surface area contributed by atoms with Gasteiger partial charge in [-0.1, -0.05) is 30.3 Å². The van der Waals surface area contributed by atoms with Crippen LogP contribution >= 0.6 is 0 Å². The maximum atomic E-state index is 13.1. The molecule has 3 aromatic heterocycles.